The third-order valence-electron chi connectivity index (χ3n) is 4.55. The molecule has 2 saturated heterocycles. The first-order chi connectivity index (χ1) is 12.2. The number of nitrogens with zero attached hydrogens (tertiary/aromatic N) is 6. The van der Waals surface area contributed by atoms with Crippen molar-refractivity contribution >= 4 is 34.5 Å². The number of fused-ring (bicyclic) bond motifs is 3. The number of hydrogen-bond acceptors (Lipinski definition) is 8. The molecule has 0 amide bonds. The van der Waals surface area contributed by atoms with Crippen LogP contribution in [0, 0.1) is 0 Å². The molecular weight excluding hydrogens is 344 g/mol. The van der Waals surface area contributed by atoms with Crippen molar-refractivity contribution in [1.82, 2.24) is 29.9 Å². The van der Waals surface area contributed by atoms with Gasteiger partial charge in [-0.15, -0.1) is 0 Å². The van der Waals surface area contributed by atoms with Gasteiger partial charge in [0.05, 0.1) is 24.6 Å². The number of anilines is 2. The maximum Gasteiger partial charge on any atom is 0.228 e. The highest BCUT2D eigenvalue weighted by atomic mass is 35.5. The van der Waals surface area contributed by atoms with Crippen LogP contribution in [-0.4, -0.2) is 55.2 Å². The maximum absolute atomic E-state index is 6.04. The van der Waals surface area contributed by atoms with Gasteiger partial charge in [0, 0.05) is 13.1 Å². The Balaban J connectivity index is 1.64. The summed E-state index contributed by atoms with van der Waals surface area (Å²) in [5, 5.41) is 0.258. The molecule has 10 heteroatoms. The van der Waals surface area contributed by atoms with Crippen molar-refractivity contribution < 1.29 is 4.74 Å². The van der Waals surface area contributed by atoms with Gasteiger partial charge in [-0.2, -0.15) is 9.97 Å². The van der Waals surface area contributed by atoms with Gasteiger partial charge < -0.3 is 20.4 Å². The number of halogens is 1. The first-order valence-corrected chi connectivity index (χ1v) is 8.45. The van der Waals surface area contributed by atoms with Gasteiger partial charge in [0.15, 0.2) is 5.65 Å². The van der Waals surface area contributed by atoms with Crippen molar-refractivity contribution in [1.29, 1.82) is 0 Å². The molecule has 0 aromatic carbocycles. The highest BCUT2D eigenvalue weighted by Crippen LogP contribution is 2.31. The van der Waals surface area contributed by atoms with E-state index >= 15 is 0 Å². The van der Waals surface area contributed by atoms with Gasteiger partial charge in [0.25, 0.3) is 0 Å². The fraction of sp³-hybridized carbons (Fsp3) is 0.400. The Bertz CT molecular complexity index is 931. The molecule has 9 nitrogen and oxygen atoms in total. The van der Waals surface area contributed by atoms with Gasteiger partial charge in [-0.1, -0.05) is 0 Å². The Hall–Kier alpha value is -2.52. The lowest BCUT2D eigenvalue weighted by atomic mass is 10.2. The molecule has 2 fully saturated rings. The standard InChI is InChI=1S/C15H15ClN8O/c16-14-20-12-11(9-3-19-10(17)4-18-9)21-15(23-13(12)22-14)24-5-7-1-2-8(6-24)25-7/h3-4,7-8H,1-2,5-6H2,(H2,17,19)(H,20,21,22,23). The summed E-state index contributed by atoms with van der Waals surface area (Å²) < 4.78 is 5.89. The molecule has 2 bridgehead atoms. The number of morpholine rings is 1. The highest BCUT2D eigenvalue weighted by molar-refractivity contribution is 6.29. The van der Waals surface area contributed by atoms with Crippen LogP contribution >= 0.6 is 11.6 Å². The van der Waals surface area contributed by atoms with Gasteiger partial charge in [0.1, 0.15) is 22.7 Å². The number of aromatic nitrogens is 6. The van der Waals surface area contributed by atoms with Crippen LogP contribution < -0.4 is 10.6 Å². The summed E-state index contributed by atoms with van der Waals surface area (Å²) >= 11 is 6.04. The number of hydrogen-bond donors (Lipinski definition) is 2. The van der Waals surface area contributed by atoms with Crippen LogP contribution in [0.3, 0.4) is 0 Å². The number of nitrogen functional groups attached to an aromatic ring is 1. The minimum atomic E-state index is 0.237. The molecule has 2 atom stereocenters. The molecule has 0 spiro atoms. The van der Waals surface area contributed by atoms with Crippen LogP contribution in [0.1, 0.15) is 12.8 Å². The number of nitrogens with two attached hydrogens (primary N) is 1. The van der Waals surface area contributed by atoms with Crippen molar-refractivity contribution in [2.45, 2.75) is 25.0 Å². The predicted molar refractivity (Wildman–Crippen MR) is 92.2 cm³/mol. The number of rotatable bonds is 2. The van der Waals surface area contributed by atoms with E-state index in [4.69, 9.17) is 27.1 Å². The number of H-pyrrole nitrogens is 1. The molecule has 3 aromatic heterocycles. The van der Waals surface area contributed by atoms with Crippen LogP contribution in [0.2, 0.25) is 5.28 Å². The molecule has 2 aliphatic heterocycles. The molecule has 2 unspecified atom stereocenters. The monoisotopic (exact) mass is 358 g/mol. The number of nitrogens with one attached hydrogen (secondary N) is 1. The van der Waals surface area contributed by atoms with Gasteiger partial charge in [-0.3, -0.25) is 0 Å². The van der Waals surface area contributed by atoms with Crippen molar-refractivity contribution in [3.63, 3.8) is 0 Å². The average molecular weight is 359 g/mol. The van der Waals surface area contributed by atoms with Crippen LogP contribution in [0.15, 0.2) is 12.4 Å². The second kappa shape index (κ2) is 5.50. The molecule has 128 valence electrons. The number of aromatic amines is 1. The summed E-state index contributed by atoms with van der Waals surface area (Å²) in [6.07, 6.45) is 5.71. The smallest absolute Gasteiger partial charge is 0.228 e. The zero-order valence-electron chi connectivity index (χ0n) is 13.2. The molecule has 0 saturated carbocycles. The van der Waals surface area contributed by atoms with Crippen molar-refractivity contribution in [3.8, 4) is 11.4 Å². The molecule has 3 N–H and O–H groups in total. The van der Waals surface area contributed by atoms with Crippen LogP contribution in [0.25, 0.3) is 22.6 Å². The lowest BCUT2D eigenvalue weighted by Gasteiger charge is -2.32. The summed E-state index contributed by atoms with van der Waals surface area (Å²) in [7, 11) is 0. The van der Waals surface area contributed by atoms with E-state index in [1.54, 1.807) is 6.20 Å². The lowest BCUT2D eigenvalue weighted by Crippen LogP contribution is -2.43. The van der Waals surface area contributed by atoms with Gasteiger partial charge in [-0.25, -0.2) is 15.0 Å². The highest BCUT2D eigenvalue weighted by Gasteiger charge is 2.35. The first kappa shape index (κ1) is 14.8. The van der Waals surface area contributed by atoms with E-state index in [1.807, 2.05) is 0 Å². The number of imidazole rings is 1. The second-order valence-electron chi connectivity index (χ2n) is 6.29. The van der Waals surface area contributed by atoms with E-state index in [0.717, 1.165) is 25.9 Å². The SMILES string of the molecule is Nc1cnc(-c2nc(N3CC4CCC(C3)O4)nc3nc(Cl)[nH]c23)cn1. The van der Waals surface area contributed by atoms with Crippen LogP contribution in [-0.2, 0) is 4.74 Å². The van der Waals surface area contributed by atoms with E-state index in [0.29, 0.717) is 34.3 Å². The molecule has 2 aliphatic rings. The van der Waals surface area contributed by atoms with Gasteiger partial charge >= 0.3 is 0 Å². The zero-order valence-corrected chi connectivity index (χ0v) is 13.9. The van der Waals surface area contributed by atoms with E-state index in [2.05, 4.69) is 29.8 Å². The Morgan fingerprint density at radius 3 is 2.64 bits per heavy atom. The summed E-state index contributed by atoms with van der Waals surface area (Å²) in [4.78, 5) is 27.1. The maximum atomic E-state index is 6.04. The predicted octanol–water partition coefficient (Wildman–Crippen LogP) is 1.41. The molecule has 3 aromatic rings. The third-order valence-corrected chi connectivity index (χ3v) is 4.73. The average Bonchev–Trinajstić information content (AvgIpc) is 3.15. The molecule has 5 heterocycles. The van der Waals surface area contributed by atoms with Crippen LogP contribution in [0.5, 0.6) is 0 Å². The summed E-state index contributed by atoms with van der Waals surface area (Å²) in [6, 6.07) is 0. The fourth-order valence-electron chi connectivity index (χ4n) is 3.42. The van der Waals surface area contributed by atoms with E-state index in [9.17, 15) is 0 Å². The fourth-order valence-corrected chi connectivity index (χ4v) is 3.60. The van der Waals surface area contributed by atoms with Crippen molar-refractivity contribution in [2.24, 2.45) is 0 Å². The first-order valence-electron chi connectivity index (χ1n) is 8.07. The Labute approximate surface area is 147 Å². The second-order valence-corrected chi connectivity index (χ2v) is 6.65. The van der Waals surface area contributed by atoms with Crippen molar-refractivity contribution in [2.75, 3.05) is 23.7 Å². The zero-order chi connectivity index (χ0) is 17.0. The van der Waals surface area contributed by atoms with E-state index in [1.165, 1.54) is 6.20 Å². The molecule has 5 rings (SSSR count). The third kappa shape index (κ3) is 2.56. The Morgan fingerprint density at radius 2 is 1.92 bits per heavy atom. The largest absolute Gasteiger partial charge is 0.382 e. The van der Waals surface area contributed by atoms with E-state index < -0.39 is 0 Å². The van der Waals surface area contributed by atoms with Gasteiger partial charge in [0.2, 0.25) is 11.2 Å². The van der Waals surface area contributed by atoms with Crippen molar-refractivity contribution in [3.05, 3.63) is 17.7 Å². The van der Waals surface area contributed by atoms with Crippen LogP contribution in [0.4, 0.5) is 11.8 Å². The summed E-state index contributed by atoms with van der Waals surface area (Å²) in [6.45, 7) is 1.54. The quantitative estimate of drug-likeness (QED) is 0.660. The normalized spacial score (nSPS) is 22.7. The summed E-state index contributed by atoms with van der Waals surface area (Å²) in [5.41, 5.74) is 7.95. The minimum Gasteiger partial charge on any atom is -0.382 e. The Morgan fingerprint density at radius 1 is 1.12 bits per heavy atom. The van der Waals surface area contributed by atoms with Gasteiger partial charge in [-0.05, 0) is 24.4 Å². The number of ether oxygens (including phenoxy) is 1. The van der Waals surface area contributed by atoms with E-state index in [-0.39, 0.29) is 17.5 Å². The molecule has 25 heavy (non-hydrogen) atoms. The topological polar surface area (TPSA) is 119 Å². The lowest BCUT2D eigenvalue weighted by molar-refractivity contribution is 0.0299. The minimum absolute atomic E-state index is 0.237. The molecular formula is C15H15ClN8O. The summed E-state index contributed by atoms with van der Waals surface area (Å²) in [5.74, 6) is 0.950. The Kier molecular flexibility index (Phi) is 3.25. The molecule has 0 radical (unpaired) electrons. The molecule has 0 aliphatic carbocycles.